The Morgan fingerprint density at radius 3 is 2.25 bits per heavy atom. The molecule has 4 aliphatic carbocycles. The minimum atomic E-state index is -0.590. The quantitative estimate of drug-likeness (QED) is 0.288. The molecule has 2 saturated heterocycles. The van der Waals surface area contributed by atoms with Crippen molar-refractivity contribution in [2.75, 3.05) is 16.3 Å². The van der Waals surface area contributed by atoms with Crippen molar-refractivity contribution in [3.05, 3.63) is 66.2 Å². The molecule has 182 valence electrons. The number of imide groups is 1. The highest BCUT2D eigenvalue weighted by atomic mass is 16.5. The summed E-state index contributed by atoms with van der Waals surface area (Å²) in [4.78, 5) is 55.2. The van der Waals surface area contributed by atoms with E-state index in [4.69, 9.17) is 4.74 Å². The smallest absolute Gasteiger partial charge is 0.316 e. The van der Waals surface area contributed by atoms with Crippen LogP contribution in [0.1, 0.15) is 18.4 Å². The number of hydrogen-bond acceptors (Lipinski definition) is 5. The molecule has 0 spiro atoms. The Morgan fingerprint density at radius 1 is 0.889 bits per heavy atom. The fourth-order valence-corrected chi connectivity index (χ4v) is 7.01. The summed E-state index contributed by atoms with van der Waals surface area (Å²) in [5, 5.41) is 0. The number of carbonyl (C=O) groups excluding carboxylic acids is 4. The van der Waals surface area contributed by atoms with Gasteiger partial charge in [-0.2, -0.15) is 0 Å². The molecular formula is C29H26N2O5. The lowest BCUT2D eigenvalue weighted by Gasteiger charge is -2.37. The minimum absolute atomic E-state index is 0.0804. The van der Waals surface area contributed by atoms with Gasteiger partial charge in [-0.1, -0.05) is 30.4 Å². The summed E-state index contributed by atoms with van der Waals surface area (Å²) in [7, 11) is 0. The van der Waals surface area contributed by atoms with Gasteiger partial charge in [0.15, 0.2) is 0 Å². The van der Waals surface area contributed by atoms with Crippen molar-refractivity contribution in [2.45, 2.75) is 19.8 Å². The molecule has 0 unspecified atom stereocenters. The van der Waals surface area contributed by atoms with Crippen molar-refractivity contribution >= 4 is 35.1 Å². The molecule has 6 aliphatic rings. The zero-order chi connectivity index (χ0) is 24.7. The van der Waals surface area contributed by atoms with Gasteiger partial charge in [0.2, 0.25) is 17.7 Å². The third-order valence-electron chi connectivity index (χ3n) is 8.73. The summed E-state index contributed by atoms with van der Waals surface area (Å²) in [5.74, 6) is -0.392. The van der Waals surface area contributed by atoms with E-state index in [0.717, 1.165) is 17.7 Å². The summed E-state index contributed by atoms with van der Waals surface area (Å²) in [5.41, 5.74) is 2.24. The average molecular weight is 483 g/mol. The molecule has 2 saturated carbocycles. The lowest BCUT2D eigenvalue weighted by atomic mass is 9.63. The van der Waals surface area contributed by atoms with E-state index >= 15 is 0 Å². The van der Waals surface area contributed by atoms with E-state index < -0.39 is 11.9 Å². The highest BCUT2D eigenvalue weighted by Gasteiger charge is 2.67. The Morgan fingerprint density at radius 2 is 1.56 bits per heavy atom. The Balaban J connectivity index is 1.08. The number of carbonyl (C=O) groups is 4. The predicted octanol–water partition coefficient (Wildman–Crippen LogP) is 3.51. The molecule has 8 rings (SSSR count). The number of aryl methyl sites for hydroxylation is 1. The largest absolute Gasteiger partial charge is 0.426 e. The summed E-state index contributed by atoms with van der Waals surface area (Å²) in [6.07, 6.45) is 5.50. The summed E-state index contributed by atoms with van der Waals surface area (Å²) in [6.45, 7) is 2.21. The number of rotatable bonds is 4. The van der Waals surface area contributed by atoms with Crippen LogP contribution in [-0.4, -0.2) is 30.2 Å². The predicted molar refractivity (Wildman–Crippen MR) is 131 cm³/mol. The molecule has 2 aromatic rings. The summed E-state index contributed by atoms with van der Waals surface area (Å²) in [6, 6.07) is 14.2. The van der Waals surface area contributed by atoms with Crippen molar-refractivity contribution in [3.8, 4) is 5.75 Å². The zero-order valence-electron chi connectivity index (χ0n) is 19.9. The van der Waals surface area contributed by atoms with Crippen molar-refractivity contribution < 1.29 is 23.9 Å². The van der Waals surface area contributed by atoms with E-state index in [-0.39, 0.29) is 60.1 Å². The second kappa shape index (κ2) is 7.63. The van der Waals surface area contributed by atoms with Crippen LogP contribution >= 0.6 is 0 Å². The van der Waals surface area contributed by atoms with Gasteiger partial charge in [0, 0.05) is 24.7 Å². The van der Waals surface area contributed by atoms with Crippen molar-refractivity contribution in [1.82, 2.24) is 0 Å². The van der Waals surface area contributed by atoms with Crippen LogP contribution < -0.4 is 14.5 Å². The molecule has 4 fully saturated rings. The number of nitrogens with zero attached hydrogens (tertiary/aromatic N) is 2. The third kappa shape index (κ3) is 3.11. The van der Waals surface area contributed by atoms with Gasteiger partial charge in [-0.25, -0.2) is 4.90 Å². The van der Waals surface area contributed by atoms with Crippen LogP contribution in [0.15, 0.2) is 60.7 Å². The van der Waals surface area contributed by atoms with Gasteiger partial charge >= 0.3 is 5.97 Å². The molecule has 2 heterocycles. The Kier molecular flexibility index (Phi) is 4.56. The van der Waals surface area contributed by atoms with Crippen LogP contribution in [0.4, 0.5) is 11.4 Å². The molecule has 2 bridgehead atoms. The first-order chi connectivity index (χ1) is 17.4. The van der Waals surface area contributed by atoms with Crippen LogP contribution in [0.3, 0.4) is 0 Å². The van der Waals surface area contributed by atoms with Gasteiger partial charge in [0.05, 0.1) is 23.4 Å². The second-order valence-electron chi connectivity index (χ2n) is 10.8. The molecule has 7 atom stereocenters. The average Bonchev–Trinajstić information content (AvgIpc) is 3.54. The number of ether oxygens (including phenoxy) is 1. The standard InChI is InChI=1S/C29H26N2O5/c1-15-4-2-5-17(10-15)30-14-16(11-24(30)32)29(35)36-19-7-3-6-18(12-19)31-27(33)25-20-8-9-21(23-13-22(20)23)26(25)28(31)34/h2-10,12,16,20-23,25-26H,11,13-14H2,1H3/t16-,20-,21-,22-,23+,25+,26-/m1/s1. The number of hydrogen-bond donors (Lipinski definition) is 0. The fraction of sp³-hybridized carbons (Fsp3) is 0.379. The van der Waals surface area contributed by atoms with Gasteiger partial charge in [-0.3, -0.25) is 19.2 Å². The van der Waals surface area contributed by atoms with Gasteiger partial charge in [-0.05, 0) is 66.8 Å². The van der Waals surface area contributed by atoms with E-state index in [0.29, 0.717) is 17.5 Å². The lowest BCUT2D eigenvalue weighted by molar-refractivity contribution is -0.139. The topological polar surface area (TPSA) is 84.0 Å². The third-order valence-corrected chi connectivity index (χ3v) is 8.73. The lowest BCUT2D eigenvalue weighted by Crippen LogP contribution is -2.40. The van der Waals surface area contributed by atoms with E-state index in [1.165, 1.54) is 4.90 Å². The molecule has 2 aliphatic heterocycles. The SMILES string of the molecule is Cc1cccc(N2C[C@H](C(=O)Oc3cccc(N4C(=O)[C@@H]5[C@@H]6C=C[C@H]([C@H]7C[C@@H]67)[C@@H]5C4=O)c3)CC2=O)c1. The molecule has 0 aromatic heterocycles. The second-order valence-corrected chi connectivity index (χ2v) is 10.8. The zero-order valence-corrected chi connectivity index (χ0v) is 19.9. The van der Waals surface area contributed by atoms with Crippen molar-refractivity contribution in [2.24, 2.45) is 41.4 Å². The van der Waals surface area contributed by atoms with Crippen molar-refractivity contribution in [3.63, 3.8) is 0 Å². The molecule has 7 heteroatoms. The molecular weight excluding hydrogens is 456 g/mol. The monoisotopic (exact) mass is 482 g/mol. The molecule has 0 radical (unpaired) electrons. The van der Waals surface area contributed by atoms with E-state index in [1.54, 1.807) is 29.2 Å². The number of benzene rings is 2. The van der Waals surface area contributed by atoms with Gasteiger partial charge in [-0.15, -0.1) is 0 Å². The molecule has 0 N–H and O–H groups in total. The number of amides is 3. The van der Waals surface area contributed by atoms with E-state index in [2.05, 4.69) is 12.2 Å². The maximum Gasteiger partial charge on any atom is 0.316 e. The van der Waals surface area contributed by atoms with Gasteiger partial charge in [0.1, 0.15) is 5.75 Å². The molecule has 36 heavy (non-hydrogen) atoms. The Labute approximate surface area is 208 Å². The normalized spacial score (nSPS) is 33.7. The highest BCUT2D eigenvalue weighted by molar-refractivity contribution is 6.22. The summed E-state index contributed by atoms with van der Waals surface area (Å²) >= 11 is 0. The highest BCUT2D eigenvalue weighted by Crippen LogP contribution is 2.65. The van der Waals surface area contributed by atoms with E-state index in [1.807, 2.05) is 31.2 Å². The van der Waals surface area contributed by atoms with Crippen LogP contribution in [0.25, 0.3) is 0 Å². The van der Waals surface area contributed by atoms with E-state index in [9.17, 15) is 19.2 Å². The first-order valence-corrected chi connectivity index (χ1v) is 12.7. The minimum Gasteiger partial charge on any atom is -0.426 e. The number of allylic oxidation sites excluding steroid dienone is 2. The number of esters is 1. The first kappa shape index (κ1) is 21.5. The van der Waals surface area contributed by atoms with Crippen LogP contribution in [0, 0.1) is 48.3 Å². The van der Waals surface area contributed by atoms with Gasteiger partial charge in [0.25, 0.3) is 0 Å². The van der Waals surface area contributed by atoms with Crippen molar-refractivity contribution in [1.29, 1.82) is 0 Å². The molecule has 3 amide bonds. The molecule has 7 nitrogen and oxygen atoms in total. The van der Waals surface area contributed by atoms with Crippen LogP contribution in [0.2, 0.25) is 0 Å². The maximum atomic E-state index is 13.4. The van der Waals surface area contributed by atoms with Crippen LogP contribution in [-0.2, 0) is 19.2 Å². The fourth-order valence-electron chi connectivity index (χ4n) is 7.01. The van der Waals surface area contributed by atoms with Crippen LogP contribution in [0.5, 0.6) is 5.75 Å². The Bertz CT molecular complexity index is 1330. The maximum absolute atomic E-state index is 13.4. The first-order valence-electron chi connectivity index (χ1n) is 12.7. The Hall–Kier alpha value is -3.74. The van der Waals surface area contributed by atoms with Gasteiger partial charge < -0.3 is 9.64 Å². The number of anilines is 2. The molecule has 2 aromatic carbocycles. The summed E-state index contributed by atoms with van der Waals surface area (Å²) < 4.78 is 5.64.